The molecule has 0 saturated carbocycles. The first-order valence-electron chi connectivity index (χ1n) is 6.80. The molecule has 0 bridgehead atoms. The highest BCUT2D eigenvalue weighted by atomic mass is 19.1. The van der Waals surface area contributed by atoms with Crippen LogP contribution in [0.3, 0.4) is 0 Å². The minimum atomic E-state index is -0.844. The molecule has 1 heterocycles. The van der Waals surface area contributed by atoms with E-state index in [9.17, 15) is 9.50 Å². The van der Waals surface area contributed by atoms with Crippen LogP contribution < -0.4 is 4.74 Å². The smallest absolute Gasteiger partial charge is 0.129 e. The van der Waals surface area contributed by atoms with E-state index >= 15 is 0 Å². The number of aliphatic hydroxyl groups is 1. The number of halogens is 1. The maximum atomic E-state index is 13.9. The Kier molecular flexibility index (Phi) is 3.45. The van der Waals surface area contributed by atoms with Crippen molar-refractivity contribution in [2.75, 3.05) is 6.61 Å². The van der Waals surface area contributed by atoms with Gasteiger partial charge in [-0.3, -0.25) is 0 Å². The molecule has 3 heteroatoms. The van der Waals surface area contributed by atoms with E-state index < -0.39 is 6.10 Å². The molecular weight excluding hydrogens is 255 g/mol. The summed E-state index contributed by atoms with van der Waals surface area (Å²) in [5.41, 5.74) is 2.37. The second-order valence-corrected chi connectivity index (χ2v) is 5.35. The average Bonchev–Trinajstić information content (AvgIpc) is 2.48. The van der Waals surface area contributed by atoms with Crippen molar-refractivity contribution in [2.24, 2.45) is 5.92 Å². The van der Waals surface area contributed by atoms with Crippen LogP contribution >= 0.6 is 0 Å². The van der Waals surface area contributed by atoms with Gasteiger partial charge in [0.15, 0.2) is 0 Å². The minimum absolute atomic E-state index is 0.124. The molecule has 104 valence electrons. The van der Waals surface area contributed by atoms with Crippen molar-refractivity contribution in [3.05, 3.63) is 65.0 Å². The van der Waals surface area contributed by atoms with Crippen LogP contribution in [-0.2, 0) is 6.42 Å². The van der Waals surface area contributed by atoms with Gasteiger partial charge in [-0.2, -0.15) is 0 Å². The molecular formula is C17H17FO2. The molecule has 0 amide bonds. The summed E-state index contributed by atoms with van der Waals surface area (Å²) in [5, 5.41) is 10.5. The monoisotopic (exact) mass is 272 g/mol. The number of hydrogen-bond donors (Lipinski definition) is 1. The van der Waals surface area contributed by atoms with E-state index in [4.69, 9.17) is 4.74 Å². The van der Waals surface area contributed by atoms with Crippen LogP contribution in [0, 0.1) is 18.7 Å². The first kappa shape index (κ1) is 13.1. The van der Waals surface area contributed by atoms with Crippen molar-refractivity contribution in [1.29, 1.82) is 0 Å². The van der Waals surface area contributed by atoms with Crippen LogP contribution in [0.15, 0.2) is 42.5 Å². The first-order chi connectivity index (χ1) is 9.65. The molecule has 1 N–H and O–H groups in total. The minimum Gasteiger partial charge on any atom is -0.493 e. The highest BCUT2D eigenvalue weighted by Gasteiger charge is 2.28. The molecule has 0 spiro atoms. The van der Waals surface area contributed by atoms with Gasteiger partial charge in [-0.05, 0) is 31.0 Å². The molecule has 2 aromatic rings. The van der Waals surface area contributed by atoms with Gasteiger partial charge in [0.25, 0.3) is 0 Å². The molecule has 0 saturated heterocycles. The lowest BCUT2D eigenvalue weighted by Crippen LogP contribution is -2.27. The van der Waals surface area contributed by atoms with E-state index in [2.05, 4.69) is 0 Å². The third kappa shape index (κ3) is 2.41. The molecule has 1 aliphatic rings. The third-order valence-corrected chi connectivity index (χ3v) is 3.82. The lowest BCUT2D eigenvalue weighted by Gasteiger charge is -2.29. The first-order valence-corrected chi connectivity index (χ1v) is 6.80. The van der Waals surface area contributed by atoms with E-state index in [0.717, 1.165) is 16.9 Å². The molecule has 0 aromatic heterocycles. The number of ether oxygens (including phenoxy) is 1. The number of aliphatic hydroxyl groups excluding tert-OH is 1. The van der Waals surface area contributed by atoms with Crippen LogP contribution in [0.1, 0.15) is 22.8 Å². The van der Waals surface area contributed by atoms with Crippen LogP contribution in [0.5, 0.6) is 5.75 Å². The summed E-state index contributed by atoms with van der Waals surface area (Å²) in [6, 6.07) is 12.6. The van der Waals surface area contributed by atoms with Gasteiger partial charge in [-0.1, -0.05) is 35.9 Å². The lowest BCUT2D eigenvalue weighted by atomic mass is 9.88. The maximum absolute atomic E-state index is 13.9. The predicted molar refractivity (Wildman–Crippen MR) is 75.2 cm³/mol. The van der Waals surface area contributed by atoms with E-state index in [1.165, 1.54) is 6.07 Å². The Labute approximate surface area is 117 Å². The summed E-state index contributed by atoms with van der Waals surface area (Å²) in [7, 11) is 0. The second kappa shape index (κ2) is 5.25. The van der Waals surface area contributed by atoms with Crippen molar-refractivity contribution < 1.29 is 14.2 Å². The maximum Gasteiger partial charge on any atom is 0.129 e. The summed E-state index contributed by atoms with van der Waals surface area (Å²) < 4.78 is 19.5. The molecule has 3 rings (SSSR count). The quantitative estimate of drug-likeness (QED) is 0.907. The Hall–Kier alpha value is -1.87. The Bertz CT molecular complexity index is 624. The average molecular weight is 272 g/mol. The fourth-order valence-corrected chi connectivity index (χ4v) is 2.70. The highest BCUT2D eigenvalue weighted by Crippen LogP contribution is 2.34. The summed E-state index contributed by atoms with van der Waals surface area (Å²) in [4.78, 5) is 0. The number of benzene rings is 2. The molecule has 0 fully saturated rings. The van der Waals surface area contributed by atoms with Gasteiger partial charge in [-0.25, -0.2) is 4.39 Å². The lowest BCUT2D eigenvalue weighted by molar-refractivity contribution is 0.0618. The van der Waals surface area contributed by atoms with Crippen LogP contribution in [0.25, 0.3) is 0 Å². The van der Waals surface area contributed by atoms with Crippen molar-refractivity contribution in [3.8, 4) is 5.75 Å². The summed E-state index contributed by atoms with van der Waals surface area (Å²) >= 11 is 0. The molecule has 2 nitrogen and oxygen atoms in total. The molecule has 0 aliphatic carbocycles. The molecule has 1 aliphatic heterocycles. The zero-order chi connectivity index (χ0) is 14.1. The van der Waals surface area contributed by atoms with Gasteiger partial charge in [0.1, 0.15) is 11.6 Å². The van der Waals surface area contributed by atoms with E-state index in [1.807, 2.05) is 31.2 Å². The Balaban J connectivity index is 1.85. The summed E-state index contributed by atoms with van der Waals surface area (Å²) in [5.74, 6) is 0.379. The van der Waals surface area contributed by atoms with Crippen LogP contribution in [-0.4, -0.2) is 11.7 Å². The third-order valence-electron chi connectivity index (χ3n) is 3.82. The molecule has 2 unspecified atom stereocenters. The van der Waals surface area contributed by atoms with Gasteiger partial charge in [-0.15, -0.1) is 0 Å². The largest absolute Gasteiger partial charge is 0.493 e. The van der Waals surface area contributed by atoms with Gasteiger partial charge in [0.2, 0.25) is 0 Å². The van der Waals surface area contributed by atoms with Crippen molar-refractivity contribution in [3.63, 3.8) is 0 Å². The fourth-order valence-electron chi connectivity index (χ4n) is 2.70. The number of aryl methyl sites for hydroxylation is 1. The van der Waals surface area contributed by atoms with Crippen LogP contribution in [0.4, 0.5) is 4.39 Å². The van der Waals surface area contributed by atoms with Gasteiger partial charge >= 0.3 is 0 Å². The predicted octanol–water partition coefficient (Wildman–Crippen LogP) is 3.42. The Morgan fingerprint density at radius 2 is 2.05 bits per heavy atom. The molecule has 20 heavy (non-hydrogen) atoms. The number of fused-ring (bicyclic) bond motifs is 1. The van der Waals surface area contributed by atoms with Crippen molar-refractivity contribution in [1.82, 2.24) is 0 Å². The normalized spacial score (nSPS) is 19.1. The standard InChI is InChI=1S/C17H17FO2/c1-11-6-7-15(18)14(8-11)17(19)13-9-12-4-2-3-5-16(12)20-10-13/h2-8,13,17,19H,9-10H2,1H3. The fraction of sp³-hybridized carbons (Fsp3) is 0.294. The zero-order valence-corrected chi connectivity index (χ0v) is 11.3. The molecule has 2 aromatic carbocycles. The van der Waals surface area contributed by atoms with E-state index in [1.54, 1.807) is 12.1 Å². The Morgan fingerprint density at radius 3 is 2.90 bits per heavy atom. The second-order valence-electron chi connectivity index (χ2n) is 5.35. The molecule has 2 atom stereocenters. The number of rotatable bonds is 2. The van der Waals surface area contributed by atoms with Gasteiger partial charge in [0, 0.05) is 11.5 Å². The van der Waals surface area contributed by atoms with E-state index in [0.29, 0.717) is 18.6 Å². The van der Waals surface area contributed by atoms with Gasteiger partial charge < -0.3 is 9.84 Å². The van der Waals surface area contributed by atoms with Gasteiger partial charge in [0.05, 0.1) is 12.7 Å². The number of para-hydroxylation sites is 1. The van der Waals surface area contributed by atoms with Crippen molar-refractivity contribution >= 4 is 0 Å². The summed E-state index contributed by atoms with van der Waals surface area (Å²) in [6.07, 6.45) is -0.145. The highest BCUT2D eigenvalue weighted by molar-refractivity contribution is 5.36. The zero-order valence-electron chi connectivity index (χ0n) is 11.3. The summed E-state index contributed by atoms with van der Waals surface area (Å²) in [6.45, 7) is 2.30. The number of hydrogen-bond acceptors (Lipinski definition) is 2. The van der Waals surface area contributed by atoms with Crippen molar-refractivity contribution in [2.45, 2.75) is 19.4 Å². The Morgan fingerprint density at radius 1 is 1.25 bits per heavy atom. The van der Waals surface area contributed by atoms with Crippen LogP contribution in [0.2, 0.25) is 0 Å². The SMILES string of the molecule is Cc1ccc(F)c(C(O)C2COc3ccccc3C2)c1. The molecule has 0 radical (unpaired) electrons. The van der Waals surface area contributed by atoms with E-state index in [-0.39, 0.29) is 11.7 Å². The topological polar surface area (TPSA) is 29.5 Å².